The minimum absolute atomic E-state index is 0.574. The van der Waals surface area contributed by atoms with Crippen LogP contribution in [0.4, 0.5) is 5.82 Å². The summed E-state index contributed by atoms with van der Waals surface area (Å²) in [7, 11) is 0. The normalized spacial score (nSPS) is 10.9. The van der Waals surface area contributed by atoms with Crippen molar-refractivity contribution in [1.82, 2.24) is 19.9 Å². The van der Waals surface area contributed by atoms with Crippen LogP contribution in [0.1, 0.15) is 11.4 Å². The van der Waals surface area contributed by atoms with Gasteiger partial charge in [0.1, 0.15) is 12.1 Å². The maximum atomic E-state index is 4.80. The molecule has 150 valence electrons. The number of aromatic nitrogens is 4. The quantitative estimate of drug-likeness (QED) is 0.409. The average Bonchev–Trinajstić information content (AvgIpc) is 2.83. The summed E-state index contributed by atoms with van der Waals surface area (Å²) in [6.07, 6.45) is 3.41. The van der Waals surface area contributed by atoms with E-state index in [4.69, 9.17) is 4.98 Å². The highest BCUT2D eigenvalue weighted by Gasteiger charge is 2.07. The molecule has 1 N–H and O–H groups in total. The van der Waals surface area contributed by atoms with Gasteiger partial charge in [-0.15, -0.1) is 0 Å². The van der Waals surface area contributed by atoms with Crippen molar-refractivity contribution in [1.29, 1.82) is 0 Å². The van der Waals surface area contributed by atoms with E-state index in [-0.39, 0.29) is 0 Å². The van der Waals surface area contributed by atoms with Crippen LogP contribution in [0.25, 0.3) is 33.3 Å². The third-order valence-electron chi connectivity index (χ3n) is 5.18. The number of fused-ring (bicyclic) bond motifs is 1. The molecule has 0 radical (unpaired) electrons. The summed E-state index contributed by atoms with van der Waals surface area (Å²) < 4.78 is 0. The Balaban J connectivity index is 1.39. The smallest absolute Gasteiger partial charge is 0.137 e. The highest BCUT2D eigenvalue weighted by atomic mass is 15.0. The van der Waals surface area contributed by atoms with Gasteiger partial charge in [-0.05, 0) is 54.4 Å². The minimum atomic E-state index is 0.574. The summed E-state index contributed by atoms with van der Waals surface area (Å²) in [5, 5.41) is 4.42. The van der Waals surface area contributed by atoms with Gasteiger partial charge in [-0.1, -0.05) is 42.5 Å². The lowest BCUT2D eigenvalue weighted by atomic mass is 10.0. The second kappa shape index (κ2) is 8.32. The van der Waals surface area contributed by atoms with E-state index in [1.54, 1.807) is 6.33 Å². The summed E-state index contributed by atoms with van der Waals surface area (Å²) in [5.74, 6) is 0.802. The first-order valence-corrected chi connectivity index (χ1v) is 10.2. The van der Waals surface area contributed by atoms with Crippen LogP contribution < -0.4 is 5.32 Å². The molecular formula is C26H21N5. The molecule has 0 atom stereocenters. The van der Waals surface area contributed by atoms with Crippen molar-refractivity contribution in [2.24, 2.45) is 0 Å². The zero-order valence-electron chi connectivity index (χ0n) is 17.2. The minimum Gasteiger partial charge on any atom is -0.364 e. The molecular weight excluding hydrogens is 382 g/mol. The second-order valence-electron chi connectivity index (χ2n) is 7.37. The van der Waals surface area contributed by atoms with Crippen LogP contribution in [0.2, 0.25) is 0 Å². The van der Waals surface area contributed by atoms with Gasteiger partial charge in [0.15, 0.2) is 0 Å². The summed E-state index contributed by atoms with van der Waals surface area (Å²) in [6, 6.07) is 26.7. The fourth-order valence-electron chi connectivity index (χ4n) is 3.63. The molecule has 0 aliphatic heterocycles. The maximum Gasteiger partial charge on any atom is 0.137 e. The van der Waals surface area contributed by atoms with Gasteiger partial charge in [-0.2, -0.15) is 0 Å². The number of rotatable bonds is 5. The molecule has 0 bridgehead atoms. The van der Waals surface area contributed by atoms with Gasteiger partial charge in [0.2, 0.25) is 0 Å². The van der Waals surface area contributed by atoms with Crippen molar-refractivity contribution in [3.8, 4) is 22.4 Å². The number of nitrogens with zero attached hydrogens (tertiary/aromatic N) is 4. The van der Waals surface area contributed by atoms with Crippen LogP contribution in [0.3, 0.4) is 0 Å². The first kappa shape index (κ1) is 18.9. The van der Waals surface area contributed by atoms with Crippen LogP contribution in [-0.4, -0.2) is 19.9 Å². The number of pyridine rings is 2. The van der Waals surface area contributed by atoms with E-state index in [2.05, 4.69) is 50.6 Å². The molecule has 2 aromatic carbocycles. The van der Waals surface area contributed by atoms with Crippen molar-refractivity contribution >= 4 is 16.7 Å². The molecule has 0 spiro atoms. The topological polar surface area (TPSA) is 63.6 Å². The maximum absolute atomic E-state index is 4.80. The summed E-state index contributed by atoms with van der Waals surface area (Å²) in [4.78, 5) is 18.0. The van der Waals surface area contributed by atoms with Crippen LogP contribution in [0, 0.1) is 6.92 Å². The van der Waals surface area contributed by atoms with E-state index < -0.39 is 0 Å². The van der Waals surface area contributed by atoms with Crippen LogP contribution in [0.15, 0.2) is 91.4 Å². The summed E-state index contributed by atoms with van der Waals surface area (Å²) >= 11 is 0. The molecule has 5 nitrogen and oxygen atoms in total. The Morgan fingerprint density at radius 1 is 0.742 bits per heavy atom. The molecule has 5 heteroatoms. The molecule has 0 saturated heterocycles. The van der Waals surface area contributed by atoms with Crippen LogP contribution in [-0.2, 0) is 6.54 Å². The first-order valence-electron chi connectivity index (χ1n) is 10.2. The highest BCUT2D eigenvalue weighted by Crippen LogP contribution is 2.26. The molecule has 0 amide bonds. The lowest BCUT2D eigenvalue weighted by Gasteiger charge is -2.10. The zero-order chi connectivity index (χ0) is 21.0. The molecule has 5 rings (SSSR count). The fourth-order valence-corrected chi connectivity index (χ4v) is 3.63. The molecule has 3 aromatic heterocycles. The van der Waals surface area contributed by atoms with Gasteiger partial charge in [0, 0.05) is 22.8 Å². The van der Waals surface area contributed by atoms with E-state index in [9.17, 15) is 0 Å². The van der Waals surface area contributed by atoms with Gasteiger partial charge in [0.25, 0.3) is 0 Å². The second-order valence-corrected chi connectivity index (χ2v) is 7.37. The largest absolute Gasteiger partial charge is 0.364 e. The number of anilines is 1. The van der Waals surface area contributed by atoms with Crippen molar-refractivity contribution in [2.75, 3.05) is 5.32 Å². The van der Waals surface area contributed by atoms with Gasteiger partial charge in [0.05, 0.1) is 23.4 Å². The average molecular weight is 403 g/mol. The SMILES string of the molecule is Cc1cc(-c2cccc(CNc3ncnc4cc(-c5ccccc5)ccc34)n2)ccn1. The molecule has 31 heavy (non-hydrogen) atoms. The summed E-state index contributed by atoms with van der Waals surface area (Å²) in [6.45, 7) is 2.56. The van der Waals surface area contributed by atoms with Crippen molar-refractivity contribution in [3.63, 3.8) is 0 Å². The van der Waals surface area contributed by atoms with Gasteiger partial charge in [-0.3, -0.25) is 9.97 Å². The van der Waals surface area contributed by atoms with Crippen molar-refractivity contribution in [3.05, 3.63) is 103 Å². The van der Waals surface area contributed by atoms with Gasteiger partial charge in [-0.25, -0.2) is 9.97 Å². The number of hydrogen-bond acceptors (Lipinski definition) is 5. The van der Waals surface area contributed by atoms with E-state index in [0.717, 1.165) is 44.9 Å². The number of nitrogens with one attached hydrogen (secondary N) is 1. The van der Waals surface area contributed by atoms with Gasteiger partial charge >= 0.3 is 0 Å². The molecule has 0 saturated carbocycles. The standard InChI is InChI=1S/C26H21N5/c1-18-14-21(12-13-27-18)24-9-5-8-22(31-24)16-28-26-23-11-10-20(15-25(23)29-17-30-26)19-6-3-2-4-7-19/h2-15,17H,16H2,1H3,(H,28,29,30). The molecule has 0 aliphatic carbocycles. The highest BCUT2D eigenvalue weighted by molar-refractivity contribution is 5.91. The number of aryl methyl sites for hydroxylation is 1. The number of benzene rings is 2. The van der Waals surface area contributed by atoms with Crippen molar-refractivity contribution in [2.45, 2.75) is 13.5 Å². The lowest BCUT2D eigenvalue weighted by Crippen LogP contribution is -2.04. The van der Waals surface area contributed by atoms with E-state index in [0.29, 0.717) is 6.54 Å². The Morgan fingerprint density at radius 3 is 2.52 bits per heavy atom. The summed E-state index contributed by atoms with van der Waals surface area (Å²) in [5.41, 5.74) is 7.14. The molecule has 0 fully saturated rings. The fraction of sp³-hybridized carbons (Fsp3) is 0.0769. The monoisotopic (exact) mass is 403 g/mol. The zero-order valence-corrected chi connectivity index (χ0v) is 17.2. The third-order valence-corrected chi connectivity index (χ3v) is 5.18. The Bertz CT molecular complexity index is 1350. The van der Waals surface area contributed by atoms with E-state index in [1.165, 1.54) is 5.56 Å². The molecule has 0 aliphatic rings. The van der Waals surface area contributed by atoms with Crippen LogP contribution >= 0.6 is 0 Å². The van der Waals surface area contributed by atoms with Crippen LogP contribution in [0.5, 0.6) is 0 Å². The van der Waals surface area contributed by atoms with Crippen molar-refractivity contribution < 1.29 is 0 Å². The number of hydrogen-bond donors (Lipinski definition) is 1. The Kier molecular flexibility index (Phi) is 5.07. The predicted molar refractivity (Wildman–Crippen MR) is 125 cm³/mol. The lowest BCUT2D eigenvalue weighted by molar-refractivity contribution is 1.03. The third kappa shape index (κ3) is 4.12. The Labute approximate surface area is 180 Å². The Hall–Kier alpha value is -4.12. The van der Waals surface area contributed by atoms with E-state index >= 15 is 0 Å². The first-order chi connectivity index (χ1) is 15.3. The predicted octanol–water partition coefficient (Wildman–Crippen LogP) is 5.67. The molecule has 5 aromatic rings. The molecule has 0 unspecified atom stereocenters. The Morgan fingerprint density at radius 2 is 1.65 bits per heavy atom. The molecule has 3 heterocycles. The van der Waals surface area contributed by atoms with Gasteiger partial charge < -0.3 is 5.32 Å². The van der Waals surface area contributed by atoms with E-state index in [1.807, 2.05) is 61.7 Å².